The molecular formula is C12H27NO3S. The van der Waals surface area contributed by atoms with E-state index in [1.165, 1.54) is 6.42 Å². The van der Waals surface area contributed by atoms with E-state index in [4.69, 9.17) is 14.2 Å². The molecule has 0 aromatic carbocycles. The first-order valence-electron chi connectivity index (χ1n) is 6.19. The van der Waals surface area contributed by atoms with Gasteiger partial charge in [0.25, 0.3) is 0 Å². The predicted molar refractivity (Wildman–Crippen MR) is 74.0 cm³/mol. The van der Waals surface area contributed by atoms with Crippen LogP contribution in [0.15, 0.2) is 0 Å². The van der Waals surface area contributed by atoms with Crippen molar-refractivity contribution >= 4 is 11.8 Å². The smallest absolute Gasteiger partial charge is 0.0701 e. The van der Waals surface area contributed by atoms with Gasteiger partial charge in [0.15, 0.2) is 0 Å². The number of hydrogen-bond acceptors (Lipinski definition) is 5. The third-order valence-electron chi connectivity index (χ3n) is 2.36. The molecule has 0 rings (SSSR count). The third-order valence-corrected chi connectivity index (χ3v) is 3.40. The summed E-state index contributed by atoms with van der Waals surface area (Å²) in [5.41, 5.74) is 0. The molecule has 104 valence electrons. The van der Waals surface area contributed by atoms with Gasteiger partial charge in [0.05, 0.1) is 33.0 Å². The summed E-state index contributed by atoms with van der Waals surface area (Å²) in [7, 11) is 1.67. The van der Waals surface area contributed by atoms with Crippen molar-refractivity contribution in [3.05, 3.63) is 0 Å². The monoisotopic (exact) mass is 265 g/mol. The summed E-state index contributed by atoms with van der Waals surface area (Å²) >= 11 is 1.91. The Morgan fingerprint density at radius 2 is 1.65 bits per heavy atom. The van der Waals surface area contributed by atoms with Crippen LogP contribution in [0.3, 0.4) is 0 Å². The predicted octanol–water partition coefficient (Wildman–Crippen LogP) is 1.40. The van der Waals surface area contributed by atoms with Gasteiger partial charge < -0.3 is 19.5 Å². The van der Waals surface area contributed by atoms with E-state index in [0.717, 1.165) is 24.9 Å². The first-order chi connectivity index (χ1) is 8.31. The molecule has 4 nitrogen and oxygen atoms in total. The lowest BCUT2D eigenvalue weighted by Gasteiger charge is -2.09. The summed E-state index contributed by atoms with van der Waals surface area (Å²) in [6.45, 7) is 7.58. The van der Waals surface area contributed by atoms with Crippen LogP contribution in [-0.2, 0) is 14.2 Å². The summed E-state index contributed by atoms with van der Waals surface area (Å²) in [6, 6.07) is 0. The van der Waals surface area contributed by atoms with Gasteiger partial charge in [-0.25, -0.2) is 0 Å². The number of thioether (sulfide) groups is 1. The van der Waals surface area contributed by atoms with Crippen LogP contribution in [0.5, 0.6) is 0 Å². The Hall–Kier alpha value is 0.190. The molecule has 0 aromatic heterocycles. The van der Waals surface area contributed by atoms with Gasteiger partial charge in [-0.3, -0.25) is 0 Å². The summed E-state index contributed by atoms with van der Waals surface area (Å²) in [4.78, 5) is 0. The number of hydrogen-bond donors (Lipinski definition) is 1. The van der Waals surface area contributed by atoms with Gasteiger partial charge in [0.1, 0.15) is 0 Å². The summed E-state index contributed by atoms with van der Waals surface area (Å²) in [6.07, 6.45) is 3.36. The fraction of sp³-hybridized carbons (Fsp3) is 1.00. The molecule has 0 aliphatic heterocycles. The van der Waals surface area contributed by atoms with Gasteiger partial charge in [-0.15, -0.1) is 0 Å². The molecule has 0 heterocycles. The van der Waals surface area contributed by atoms with Gasteiger partial charge in [0, 0.05) is 18.9 Å². The average Bonchev–Trinajstić information content (AvgIpc) is 2.35. The Balaban J connectivity index is 2.94. The van der Waals surface area contributed by atoms with Crippen LogP contribution in [-0.4, -0.2) is 64.7 Å². The molecule has 0 fully saturated rings. The Kier molecular flexibility index (Phi) is 14.4. The third kappa shape index (κ3) is 14.1. The van der Waals surface area contributed by atoms with Crippen LogP contribution in [0.4, 0.5) is 0 Å². The minimum Gasteiger partial charge on any atom is -0.382 e. The second kappa shape index (κ2) is 14.3. The van der Waals surface area contributed by atoms with Crippen molar-refractivity contribution < 1.29 is 14.2 Å². The highest BCUT2D eigenvalue weighted by Crippen LogP contribution is 2.07. The van der Waals surface area contributed by atoms with Crippen LogP contribution in [0.25, 0.3) is 0 Å². The second-order valence-electron chi connectivity index (χ2n) is 3.80. The fourth-order valence-electron chi connectivity index (χ4n) is 1.16. The lowest BCUT2D eigenvalue weighted by atomic mass is 10.3. The Morgan fingerprint density at radius 3 is 2.29 bits per heavy atom. The van der Waals surface area contributed by atoms with Crippen LogP contribution in [0.2, 0.25) is 0 Å². The Labute approximate surface area is 110 Å². The number of nitrogens with one attached hydrogen (secondary N) is 1. The molecule has 0 spiro atoms. The quantitative estimate of drug-likeness (QED) is 0.510. The van der Waals surface area contributed by atoms with Crippen LogP contribution in [0.1, 0.15) is 13.3 Å². The molecule has 5 heteroatoms. The lowest BCUT2D eigenvalue weighted by molar-refractivity contribution is 0.0256. The zero-order valence-electron chi connectivity index (χ0n) is 11.4. The standard InChI is InChI=1S/C12H27NO3S/c1-12(17-3)4-5-13-6-7-15-10-11-16-9-8-14-2/h12-13H,4-11H2,1-3H3. The molecule has 0 amide bonds. The molecule has 1 N–H and O–H groups in total. The maximum Gasteiger partial charge on any atom is 0.0701 e. The molecule has 0 aliphatic rings. The molecule has 0 radical (unpaired) electrons. The van der Waals surface area contributed by atoms with E-state index in [9.17, 15) is 0 Å². The summed E-state index contributed by atoms with van der Waals surface area (Å²) in [5, 5.41) is 4.10. The van der Waals surface area contributed by atoms with Crippen LogP contribution < -0.4 is 5.32 Å². The van der Waals surface area contributed by atoms with E-state index in [2.05, 4.69) is 18.5 Å². The van der Waals surface area contributed by atoms with E-state index in [0.29, 0.717) is 26.4 Å². The normalized spacial score (nSPS) is 12.9. The van der Waals surface area contributed by atoms with E-state index in [1.807, 2.05) is 11.8 Å². The van der Waals surface area contributed by atoms with Crippen molar-refractivity contribution in [3.63, 3.8) is 0 Å². The van der Waals surface area contributed by atoms with Crippen LogP contribution >= 0.6 is 11.8 Å². The van der Waals surface area contributed by atoms with Gasteiger partial charge in [-0.2, -0.15) is 11.8 Å². The molecule has 0 aromatic rings. The molecule has 0 bridgehead atoms. The Bertz CT molecular complexity index is 150. The summed E-state index contributed by atoms with van der Waals surface area (Å²) < 4.78 is 15.6. The molecule has 0 aliphatic carbocycles. The van der Waals surface area contributed by atoms with E-state index in [-0.39, 0.29) is 0 Å². The maximum absolute atomic E-state index is 5.41. The number of methoxy groups -OCH3 is 1. The average molecular weight is 265 g/mol. The van der Waals surface area contributed by atoms with Crippen molar-refractivity contribution in [2.45, 2.75) is 18.6 Å². The van der Waals surface area contributed by atoms with E-state index >= 15 is 0 Å². The highest BCUT2D eigenvalue weighted by Gasteiger charge is 1.97. The van der Waals surface area contributed by atoms with Crippen LogP contribution in [0, 0.1) is 0 Å². The molecule has 1 atom stereocenters. The van der Waals surface area contributed by atoms with Crippen molar-refractivity contribution in [3.8, 4) is 0 Å². The van der Waals surface area contributed by atoms with Crippen molar-refractivity contribution in [1.82, 2.24) is 5.32 Å². The summed E-state index contributed by atoms with van der Waals surface area (Å²) in [5.74, 6) is 0. The molecule has 1 unspecified atom stereocenters. The molecular weight excluding hydrogens is 238 g/mol. The van der Waals surface area contributed by atoms with Gasteiger partial charge in [-0.05, 0) is 19.2 Å². The molecule has 17 heavy (non-hydrogen) atoms. The topological polar surface area (TPSA) is 39.7 Å². The number of rotatable bonds is 13. The lowest BCUT2D eigenvalue weighted by Crippen LogP contribution is -2.23. The maximum atomic E-state index is 5.41. The van der Waals surface area contributed by atoms with Gasteiger partial charge in [-0.1, -0.05) is 6.92 Å². The van der Waals surface area contributed by atoms with Crippen molar-refractivity contribution in [2.75, 3.05) is 59.5 Å². The van der Waals surface area contributed by atoms with Gasteiger partial charge >= 0.3 is 0 Å². The number of ether oxygens (including phenoxy) is 3. The molecule has 0 saturated carbocycles. The SMILES string of the molecule is COCCOCCOCCNCCC(C)SC. The van der Waals surface area contributed by atoms with E-state index in [1.54, 1.807) is 7.11 Å². The van der Waals surface area contributed by atoms with Crippen molar-refractivity contribution in [2.24, 2.45) is 0 Å². The zero-order chi connectivity index (χ0) is 12.8. The van der Waals surface area contributed by atoms with Crippen molar-refractivity contribution in [1.29, 1.82) is 0 Å². The largest absolute Gasteiger partial charge is 0.382 e. The Morgan fingerprint density at radius 1 is 1.00 bits per heavy atom. The first-order valence-corrected chi connectivity index (χ1v) is 7.48. The fourth-order valence-corrected chi connectivity index (χ4v) is 1.51. The first kappa shape index (κ1) is 17.2. The second-order valence-corrected chi connectivity index (χ2v) is 5.08. The minimum atomic E-state index is 0.644. The highest BCUT2D eigenvalue weighted by atomic mass is 32.2. The minimum absolute atomic E-state index is 0.644. The van der Waals surface area contributed by atoms with Gasteiger partial charge in [0.2, 0.25) is 0 Å². The molecule has 0 saturated heterocycles. The van der Waals surface area contributed by atoms with E-state index < -0.39 is 0 Å². The highest BCUT2D eigenvalue weighted by molar-refractivity contribution is 7.99. The zero-order valence-corrected chi connectivity index (χ0v) is 12.2.